The molecule has 0 aliphatic rings. The van der Waals surface area contributed by atoms with Crippen molar-refractivity contribution in [2.75, 3.05) is 0 Å². The summed E-state index contributed by atoms with van der Waals surface area (Å²) in [5.74, 6) is 0.260. The van der Waals surface area contributed by atoms with Gasteiger partial charge in [0.25, 0.3) is 0 Å². The van der Waals surface area contributed by atoms with Gasteiger partial charge in [0.2, 0.25) is 0 Å². The molecule has 4 nitrogen and oxygen atoms in total. The van der Waals surface area contributed by atoms with Crippen molar-refractivity contribution < 1.29 is 18.7 Å². The maximum atomic E-state index is 11.5. The van der Waals surface area contributed by atoms with Gasteiger partial charge in [-0.25, -0.2) is 0 Å². The van der Waals surface area contributed by atoms with E-state index in [1.165, 1.54) is 6.26 Å². The van der Waals surface area contributed by atoms with Crippen LogP contribution in [0.4, 0.5) is 0 Å². The maximum Gasteiger partial charge on any atom is 0.306 e. The van der Waals surface area contributed by atoms with Crippen LogP contribution < -0.4 is 0 Å². The Bertz CT molecular complexity index is 371. The van der Waals surface area contributed by atoms with Gasteiger partial charge in [0, 0.05) is 6.42 Å². The van der Waals surface area contributed by atoms with E-state index in [9.17, 15) is 9.59 Å². The molecule has 94 valence electrons. The quantitative estimate of drug-likeness (QED) is 0.739. The van der Waals surface area contributed by atoms with Crippen LogP contribution in [0.15, 0.2) is 22.8 Å². The molecule has 0 atom stereocenters. The van der Waals surface area contributed by atoms with E-state index in [0.717, 1.165) is 0 Å². The van der Waals surface area contributed by atoms with E-state index in [2.05, 4.69) is 0 Å². The van der Waals surface area contributed by atoms with E-state index in [-0.39, 0.29) is 31.0 Å². The zero-order valence-corrected chi connectivity index (χ0v) is 10.5. The van der Waals surface area contributed by atoms with Gasteiger partial charge in [-0.3, -0.25) is 9.59 Å². The Balaban J connectivity index is 2.26. The molecule has 0 aliphatic carbocycles. The van der Waals surface area contributed by atoms with E-state index in [1.807, 2.05) is 0 Å². The minimum absolute atomic E-state index is 0.0224. The van der Waals surface area contributed by atoms with Crippen LogP contribution in [-0.4, -0.2) is 17.4 Å². The van der Waals surface area contributed by atoms with Crippen LogP contribution in [0.3, 0.4) is 0 Å². The number of carbonyl (C=O) groups excluding carboxylic acids is 2. The highest BCUT2D eigenvalue weighted by Gasteiger charge is 2.17. The molecule has 0 unspecified atom stereocenters. The number of ketones is 1. The number of esters is 1. The third-order valence-electron chi connectivity index (χ3n) is 1.98. The molecular formula is C13H18O4. The van der Waals surface area contributed by atoms with Gasteiger partial charge in [-0.05, 0) is 32.9 Å². The lowest BCUT2D eigenvalue weighted by Gasteiger charge is -2.19. The van der Waals surface area contributed by atoms with Crippen LogP contribution in [0, 0.1) is 0 Å². The molecular weight excluding hydrogens is 220 g/mol. The van der Waals surface area contributed by atoms with Crippen molar-refractivity contribution in [1.82, 2.24) is 0 Å². The summed E-state index contributed by atoms with van der Waals surface area (Å²) in [6.07, 6.45) is 2.07. The first-order chi connectivity index (χ1) is 7.87. The van der Waals surface area contributed by atoms with Crippen LogP contribution in [-0.2, 0) is 20.7 Å². The highest BCUT2D eigenvalue weighted by molar-refractivity contribution is 5.84. The molecule has 0 fully saturated rings. The van der Waals surface area contributed by atoms with Crippen LogP contribution in [0.1, 0.15) is 39.4 Å². The number of rotatable bonds is 5. The van der Waals surface area contributed by atoms with Crippen LogP contribution >= 0.6 is 0 Å². The average molecular weight is 238 g/mol. The van der Waals surface area contributed by atoms with Crippen molar-refractivity contribution in [3.63, 3.8) is 0 Å². The van der Waals surface area contributed by atoms with E-state index in [4.69, 9.17) is 9.15 Å². The summed E-state index contributed by atoms with van der Waals surface area (Å²) in [6, 6.07) is 3.47. The summed E-state index contributed by atoms with van der Waals surface area (Å²) in [7, 11) is 0. The molecule has 1 heterocycles. The Labute approximate surface area is 101 Å². The van der Waals surface area contributed by atoms with Gasteiger partial charge in [0.1, 0.15) is 17.1 Å². The summed E-state index contributed by atoms with van der Waals surface area (Å²) < 4.78 is 10.2. The van der Waals surface area contributed by atoms with Crippen molar-refractivity contribution in [2.24, 2.45) is 0 Å². The predicted octanol–water partition coefficient (Wildman–Crippen LogP) is 2.51. The molecule has 0 amide bonds. The fourth-order valence-electron chi connectivity index (χ4n) is 1.33. The number of Topliss-reactive ketones (excluding diaryl/α,β-unsaturated/α-hetero) is 1. The molecule has 0 spiro atoms. The standard InChI is InChI=1S/C13H18O4/c1-13(2,3)17-12(15)7-6-10(14)9-11-5-4-8-16-11/h4-5,8H,6-7,9H2,1-3H3. The minimum Gasteiger partial charge on any atom is -0.469 e. The van der Waals surface area contributed by atoms with E-state index in [1.54, 1.807) is 32.9 Å². The molecule has 0 bridgehead atoms. The van der Waals surface area contributed by atoms with E-state index in [0.29, 0.717) is 5.76 Å². The second-order valence-electron chi connectivity index (χ2n) is 4.88. The SMILES string of the molecule is CC(C)(C)OC(=O)CCC(=O)Cc1ccco1. The fraction of sp³-hybridized carbons (Fsp3) is 0.538. The first-order valence-electron chi connectivity index (χ1n) is 5.63. The fourth-order valence-corrected chi connectivity index (χ4v) is 1.33. The Morgan fingerprint density at radius 3 is 2.53 bits per heavy atom. The maximum absolute atomic E-state index is 11.5. The van der Waals surface area contributed by atoms with Gasteiger partial charge in [-0.2, -0.15) is 0 Å². The molecule has 1 aromatic rings. The molecule has 1 aromatic heterocycles. The van der Waals surface area contributed by atoms with E-state index < -0.39 is 5.60 Å². The number of carbonyl (C=O) groups is 2. The summed E-state index contributed by atoms with van der Waals surface area (Å²) in [5, 5.41) is 0. The topological polar surface area (TPSA) is 56.5 Å². The molecule has 0 N–H and O–H groups in total. The lowest BCUT2D eigenvalue weighted by Crippen LogP contribution is -2.24. The van der Waals surface area contributed by atoms with Gasteiger partial charge < -0.3 is 9.15 Å². The van der Waals surface area contributed by atoms with Gasteiger partial charge >= 0.3 is 5.97 Å². The van der Waals surface area contributed by atoms with Crippen molar-refractivity contribution in [3.8, 4) is 0 Å². The second kappa shape index (κ2) is 5.66. The monoisotopic (exact) mass is 238 g/mol. The average Bonchev–Trinajstić information content (AvgIpc) is 2.64. The molecule has 4 heteroatoms. The van der Waals surface area contributed by atoms with E-state index >= 15 is 0 Å². The van der Waals surface area contributed by atoms with Crippen molar-refractivity contribution in [1.29, 1.82) is 0 Å². The first kappa shape index (κ1) is 13.5. The lowest BCUT2D eigenvalue weighted by atomic mass is 10.1. The smallest absolute Gasteiger partial charge is 0.306 e. The molecule has 0 radical (unpaired) electrons. The van der Waals surface area contributed by atoms with Crippen LogP contribution in [0.2, 0.25) is 0 Å². The zero-order valence-electron chi connectivity index (χ0n) is 10.5. The highest BCUT2D eigenvalue weighted by Crippen LogP contribution is 2.10. The van der Waals surface area contributed by atoms with Crippen LogP contribution in [0.25, 0.3) is 0 Å². The van der Waals surface area contributed by atoms with Crippen LogP contribution in [0.5, 0.6) is 0 Å². The number of furan rings is 1. The van der Waals surface area contributed by atoms with Gasteiger partial charge in [0.15, 0.2) is 0 Å². The number of hydrogen-bond acceptors (Lipinski definition) is 4. The summed E-state index contributed by atoms with van der Waals surface area (Å²) in [4.78, 5) is 22.9. The molecule has 0 aliphatic heterocycles. The Morgan fingerprint density at radius 2 is 2.00 bits per heavy atom. The molecule has 0 saturated carbocycles. The second-order valence-corrected chi connectivity index (χ2v) is 4.88. The number of hydrogen-bond donors (Lipinski definition) is 0. The largest absolute Gasteiger partial charge is 0.469 e. The lowest BCUT2D eigenvalue weighted by molar-refractivity contribution is -0.155. The molecule has 0 aromatic carbocycles. The summed E-state index contributed by atoms with van der Waals surface area (Å²) in [6.45, 7) is 5.40. The third kappa shape index (κ3) is 5.90. The van der Waals surface area contributed by atoms with Crippen molar-refractivity contribution >= 4 is 11.8 Å². The Morgan fingerprint density at radius 1 is 1.29 bits per heavy atom. The first-order valence-corrected chi connectivity index (χ1v) is 5.63. The van der Waals surface area contributed by atoms with Gasteiger partial charge in [0.05, 0.1) is 19.1 Å². The molecule has 17 heavy (non-hydrogen) atoms. The van der Waals surface area contributed by atoms with Crippen molar-refractivity contribution in [2.45, 2.75) is 45.6 Å². The highest BCUT2D eigenvalue weighted by atomic mass is 16.6. The third-order valence-corrected chi connectivity index (χ3v) is 1.98. The van der Waals surface area contributed by atoms with Gasteiger partial charge in [-0.1, -0.05) is 0 Å². The Kier molecular flexibility index (Phi) is 4.49. The van der Waals surface area contributed by atoms with Crippen molar-refractivity contribution in [3.05, 3.63) is 24.2 Å². The predicted molar refractivity (Wildman–Crippen MR) is 62.5 cm³/mol. The Hall–Kier alpha value is -1.58. The minimum atomic E-state index is -0.499. The normalized spacial score (nSPS) is 11.2. The summed E-state index contributed by atoms with van der Waals surface area (Å²) in [5.41, 5.74) is -0.499. The number of ether oxygens (including phenoxy) is 1. The molecule has 1 rings (SSSR count). The summed E-state index contributed by atoms with van der Waals surface area (Å²) >= 11 is 0. The van der Waals surface area contributed by atoms with Gasteiger partial charge in [-0.15, -0.1) is 0 Å². The zero-order chi connectivity index (χ0) is 12.9. The molecule has 0 saturated heterocycles.